The number of carboxylic acids is 1. The van der Waals surface area contributed by atoms with E-state index in [0.29, 0.717) is 35.6 Å². The smallest absolute Gasteiger partial charge is 0.335 e. The number of benzene rings is 4. The maximum absolute atomic E-state index is 15.7. The lowest BCUT2D eigenvalue weighted by Crippen LogP contribution is -2.32. The van der Waals surface area contributed by atoms with Crippen molar-refractivity contribution in [2.75, 3.05) is 6.61 Å². The minimum atomic E-state index is -1.59. The molecule has 226 valence electrons. The average Bonchev–Trinajstić information content (AvgIpc) is 3.52. The number of aromatic carboxylic acids is 1. The number of para-hydroxylation sites is 1. The van der Waals surface area contributed by atoms with E-state index in [-0.39, 0.29) is 51.8 Å². The summed E-state index contributed by atoms with van der Waals surface area (Å²) in [6.07, 6.45) is 0.501. The number of fused-ring (bicyclic) bond motifs is 2. The van der Waals surface area contributed by atoms with Gasteiger partial charge in [0.2, 0.25) is 0 Å². The van der Waals surface area contributed by atoms with Crippen molar-refractivity contribution in [2.45, 2.75) is 38.2 Å². The van der Waals surface area contributed by atoms with Crippen LogP contribution in [0.4, 0.5) is 13.2 Å². The molecule has 0 aliphatic carbocycles. The summed E-state index contributed by atoms with van der Waals surface area (Å²) < 4.78 is 65.8. The first-order valence-electron chi connectivity index (χ1n) is 14.2. The molecule has 0 spiro atoms. The van der Waals surface area contributed by atoms with Crippen LogP contribution in [-0.4, -0.2) is 33.3 Å². The van der Waals surface area contributed by atoms with Crippen LogP contribution in [0.15, 0.2) is 66.7 Å². The van der Waals surface area contributed by atoms with E-state index in [1.54, 1.807) is 28.8 Å². The number of rotatable bonds is 7. The van der Waals surface area contributed by atoms with Crippen molar-refractivity contribution in [3.05, 3.63) is 112 Å². The van der Waals surface area contributed by atoms with E-state index in [1.165, 1.54) is 43.3 Å². The average molecular weight is 612 g/mol. The van der Waals surface area contributed by atoms with Gasteiger partial charge >= 0.3 is 5.97 Å². The first-order chi connectivity index (χ1) is 21.6. The summed E-state index contributed by atoms with van der Waals surface area (Å²) in [5, 5.41) is 18.6. The fraction of sp³-hybridized carbons (Fsp3) is 0.206. The van der Waals surface area contributed by atoms with Gasteiger partial charge in [0.15, 0.2) is 11.5 Å². The maximum Gasteiger partial charge on any atom is 0.335 e. The number of aromatic nitrogens is 2. The molecule has 11 heteroatoms. The highest BCUT2D eigenvalue weighted by atomic mass is 19.1. The van der Waals surface area contributed by atoms with Crippen LogP contribution in [0.3, 0.4) is 0 Å². The van der Waals surface area contributed by atoms with Gasteiger partial charge in [-0.05, 0) is 66.6 Å². The number of nitrogens with zero attached hydrogens (tertiary/aromatic N) is 3. The lowest BCUT2D eigenvalue weighted by atomic mass is 10.00. The molecule has 0 bridgehead atoms. The molecule has 1 aromatic heterocycles. The topological polar surface area (TPSA) is 107 Å². The Labute approximate surface area is 254 Å². The SMILES string of the molecule is CC1(c2ccc(C#N)cc2F)Oc2cccc(-c3cc(F)c(Cc4nc5ccc(C(=O)O)cc5n4C[C@@H]4CCO4)c(F)c3)c2O1. The van der Waals surface area contributed by atoms with Gasteiger partial charge in [-0.3, -0.25) is 0 Å². The molecule has 5 aromatic rings. The Hall–Kier alpha value is -5.34. The molecule has 0 amide bonds. The molecular weight excluding hydrogens is 587 g/mol. The van der Waals surface area contributed by atoms with Crippen LogP contribution >= 0.6 is 0 Å². The highest BCUT2D eigenvalue weighted by Crippen LogP contribution is 2.49. The third kappa shape index (κ3) is 4.93. The third-order valence-corrected chi connectivity index (χ3v) is 8.21. The van der Waals surface area contributed by atoms with Crippen molar-refractivity contribution >= 4 is 17.0 Å². The molecule has 1 N–H and O–H groups in total. The predicted molar refractivity (Wildman–Crippen MR) is 155 cm³/mol. The van der Waals surface area contributed by atoms with E-state index in [2.05, 4.69) is 4.98 Å². The van der Waals surface area contributed by atoms with Crippen LogP contribution in [0.25, 0.3) is 22.2 Å². The van der Waals surface area contributed by atoms with E-state index in [4.69, 9.17) is 19.5 Å². The number of ether oxygens (including phenoxy) is 3. The zero-order valence-electron chi connectivity index (χ0n) is 23.8. The normalized spacial score (nSPS) is 18.5. The lowest BCUT2D eigenvalue weighted by molar-refractivity contribution is -0.0705. The van der Waals surface area contributed by atoms with E-state index < -0.39 is 29.2 Å². The summed E-state index contributed by atoms with van der Waals surface area (Å²) in [5.74, 6) is -4.19. The summed E-state index contributed by atoms with van der Waals surface area (Å²) in [4.78, 5) is 16.2. The van der Waals surface area contributed by atoms with Crippen LogP contribution in [0.1, 0.15) is 46.2 Å². The Morgan fingerprint density at radius 2 is 1.84 bits per heavy atom. The predicted octanol–water partition coefficient (Wildman–Crippen LogP) is 6.71. The Balaban J connectivity index is 1.23. The van der Waals surface area contributed by atoms with Crippen LogP contribution in [0.2, 0.25) is 0 Å². The van der Waals surface area contributed by atoms with Crippen LogP contribution in [-0.2, 0) is 23.5 Å². The van der Waals surface area contributed by atoms with Crippen molar-refractivity contribution in [3.8, 4) is 28.7 Å². The number of imidazole rings is 1. The first kappa shape index (κ1) is 28.4. The molecule has 2 aliphatic rings. The molecule has 0 radical (unpaired) electrons. The molecule has 8 nitrogen and oxygen atoms in total. The van der Waals surface area contributed by atoms with E-state index in [0.717, 1.165) is 12.5 Å². The van der Waals surface area contributed by atoms with Gasteiger partial charge in [-0.25, -0.2) is 22.9 Å². The molecule has 4 aromatic carbocycles. The van der Waals surface area contributed by atoms with Crippen molar-refractivity contribution in [3.63, 3.8) is 0 Å². The number of nitriles is 1. The van der Waals surface area contributed by atoms with Crippen molar-refractivity contribution in [2.24, 2.45) is 0 Å². The first-order valence-corrected chi connectivity index (χ1v) is 14.2. The summed E-state index contributed by atoms with van der Waals surface area (Å²) in [6, 6.07) is 17.6. The molecule has 1 fully saturated rings. The Kier molecular flexibility index (Phi) is 6.75. The minimum Gasteiger partial charge on any atom is -0.478 e. The van der Waals surface area contributed by atoms with Gasteiger partial charge in [-0.1, -0.05) is 12.1 Å². The molecule has 0 saturated carbocycles. The minimum absolute atomic E-state index is 0.0574. The second-order valence-electron chi connectivity index (χ2n) is 11.1. The fourth-order valence-corrected chi connectivity index (χ4v) is 5.78. The van der Waals surface area contributed by atoms with Crippen LogP contribution in [0, 0.1) is 28.8 Å². The van der Waals surface area contributed by atoms with Crippen molar-refractivity contribution < 1.29 is 37.3 Å². The van der Waals surface area contributed by atoms with Gasteiger partial charge in [-0.2, -0.15) is 5.26 Å². The number of carbonyl (C=O) groups is 1. The van der Waals surface area contributed by atoms with Gasteiger partial charge < -0.3 is 23.9 Å². The Bertz CT molecular complexity index is 2040. The van der Waals surface area contributed by atoms with Gasteiger partial charge in [0.25, 0.3) is 5.79 Å². The number of hydrogen-bond donors (Lipinski definition) is 1. The molecule has 1 unspecified atom stereocenters. The summed E-state index contributed by atoms with van der Waals surface area (Å²) in [5.41, 5.74) is 1.62. The largest absolute Gasteiger partial charge is 0.478 e. The zero-order valence-corrected chi connectivity index (χ0v) is 23.8. The monoisotopic (exact) mass is 611 g/mol. The molecule has 2 aliphatic heterocycles. The van der Waals surface area contributed by atoms with Gasteiger partial charge in [-0.15, -0.1) is 0 Å². The zero-order chi connectivity index (χ0) is 31.5. The highest BCUT2D eigenvalue weighted by Gasteiger charge is 2.42. The van der Waals surface area contributed by atoms with Gasteiger partial charge in [0.1, 0.15) is 23.3 Å². The molecule has 7 rings (SSSR count). The molecule has 1 saturated heterocycles. The van der Waals surface area contributed by atoms with E-state index in [1.807, 2.05) is 6.07 Å². The van der Waals surface area contributed by atoms with Crippen LogP contribution < -0.4 is 9.47 Å². The van der Waals surface area contributed by atoms with E-state index >= 15 is 8.78 Å². The van der Waals surface area contributed by atoms with Crippen molar-refractivity contribution in [1.29, 1.82) is 5.26 Å². The summed E-state index contributed by atoms with van der Waals surface area (Å²) in [6.45, 7) is 2.49. The standard InChI is InChI=1S/C34H24F3N3O5/c1-34(24-7-5-18(16-38)11-27(24)37)44-30-4-2-3-22(32(30)45-34)20-12-25(35)23(26(36)13-20)15-31-39-28-8-6-19(33(41)42)14-29(28)40(31)17-21-9-10-43-21/h2-8,11-14,21H,9-10,15,17H2,1H3,(H,41,42)/t21-,34?/m0/s1. The number of hydrogen-bond acceptors (Lipinski definition) is 6. The van der Waals surface area contributed by atoms with Crippen LogP contribution in [0.5, 0.6) is 11.5 Å². The lowest BCUT2D eigenvalue weighted by Gasteiger charge is -2.27. The second-order valence-corrected chi connectivity index (χ2v) is 11.1. The fourth-order valence-electron chi connectivity index (χ4n) is 5.78. The summed E-state index contributed by atoms with van der Waals surface area (Å²) >= 11 is 0. The molecule has 45 heavy (non-hydrogen) atoms. The van der Waals surface area contributed by atoms with Gasteiger partial charge in [0, 0.05) is 31.1 Å². The highest BCUT2D eigenvalue weighted by molar-refractivity contribution is 5.92. The quantitative estimate of drug-likeness (QED) is 0.218. The Morgan fingerprint density at radius 3 is 2.51 bits per heavy atom. The molecule has 3 heterocycles. The van der Waals surface area contributed by atoms with Gasteiger partial charge in [0.05, 0.1) is 46.4 Å². The third-order valence-electron chi connectivity index (χ3n) is 8.21. The molecular formula is C34H24F3N3O5. The summed E-state index contributed by atoms with van der Waals surface area (Å²) in [7, 11) is 0. The molecule has 2 atom stereocenters. The second kappa shape index (κ2) is 10.7. The van der Waals surface area contributed by atoms with E-state index in [9.17, 15) is 14.3 Å². The Morgan fingerprint density at radius 1 is 1.07 bits per heavy atom. The van der Waals surface area contributed by atoms with Crippen molar-refractivity contribution in [1.82, 2.24) is 9.55 Å². The number of carboxylic acid groups (broad SMARTS) is 1. The number of halogens is 3. The maximum atomic E-state index is 15.7.